The van der Waals surface area contributed by atoms with Crippen molar-refractivity contribution in [3.05, 3.63) is 58.6 Å². The van der Waals surface area contributed by atoms with Crippen molar-refractivity contribution in [2.75, 3.05) is 36.5 Å². The molecule has 134 valence electrons. The zero-order chi connectivity index (χ0) is 17.9. The van der Waals surface area contributed by atoms with Gasteiger partial charge in [-0.3, -0.25) is 0 Å². The molecule has 1 aliphatic heterocycles. The molecule has 2 aromatic rings. The highest BCUT2D eigenvalue weighted by Crippen LogP contribution is 2.36. The number of hydrogen-bond acceptors (Lipinski definition) is 3. The first-order valence-electron chi connectivity index (χ1n) is 7.96. The minimum absolute atomic E-state index is 0.346. The van der Waals surface area contributed by atoms with Crippen LogP contribution in [0.5, 0.6) is 0 Å². The number of halogens is 4. The summed E-state index contributed by atoms with van der Waals surface area (Å²) in [7, 11) is 0. The van der Waals surface area contributed by atoms with E-state index in [1.165, 1.54) is 6.07 Å². The molecular formula is C18H18ClF3N2O. The molecule has 1 N–H and O–H groups in total. The molecule has 0 aromatic heterocycles. The Bertz CT molecular complexity index is 731. The van der Waals surface area contributed by atoms with Crippen LogP contribution in [0.15, 0.2) is 42.5 Å². The second-order valence-electron chi connectivity index (χ2n) is 5.77. The van der Waals surface area contributed by atoms with Gasteiger partial charge in [0.05, 0.1) is 30.2 Å². The third-order valence-corrected chi connectivity index (χ3v) is 4.47. The van der Waals surface area contributed by atoms with Crippen LogP contribution in [0.2, 0.25) is 5.02 Å². The zero-order valence-electron chi connectivity index (χ0n) is 13.4. The van der Waals surface area contributed by atoms with E-state index in [2.05, 4.69) is 5.32 Å². The van der Waals surface area contributed by atoms with Crippen LogP contribution >= 0.6 is 11.6 Å². The van der Waals surface area contributed by atoms with Gasteiger partial charge in [0.15, 0.2) is 0 Å². The molecule has 7 heteroatoms. The van der Waals surface area contributed by atoms with E-state index < -0.39 is 11.7 Å². The molecular weight excluding hydrogens is 353 g/mol. The third kappa shape index (κ3) is 4.38. The maximum absolute atomic E-state index is 13.1. The Balaban J connectivity index is 1.88. The maximum atomic E-state index is 13.1. The number of hydrogen-bond donors (Lipinski definition) is 1. The number of anilines is 2. The summed E-state index contributed by atoms with van der Waals surface area (Å²) in [5.74, 6) is 0. The summed E-state index contributed by atoms with van der Waals surface area (Å²) in [4.78, 5) is 2.03. The van der Waals surface area contributed by atoms with Crippen LogP contribution in [0.25, 0.3) is 0 Å². The Kier molecular flexibility index (Phi) is 5.39. The molecule has 1 heterocycles. The first kappa shape index (κ1) is 17.9. The van der Waals surface area contributed by atoms with Gasteiger partial charge in [0.1, 0.15) is 0 Å². The first-order valence-corrected chi connectivity index (χ1v) is 8.34. The fraction of sp³-hybridized carbons (Fsp3) is 0.333. The van der Waals surface area contributed by atoms with Crippen LogP contribution in [0.4, 0.5) is 24.5 Å². The Morgan fingerprint density at radius 2 is 1.80 bits per heavy atom. The number of morpholine rings is 1. The molecule has 3 nitrogen and oxygen atoms in total. The first-order chi connectivity index (χ1) is 11.9. The minimum Gasteiger partial charge on any atom is -0.379 e. The largest absolute Gasteiger partial charge is 0.416 e. The van der Waals surface area contributed by atoms with E-state index in [-0.39, 0.29) is 0 Å². The van der Waals surface area contributed by atoms with Gasteiger partial charge < -0.3 is 15.0 Å². The summed E-state index contributed by atoms with van der Waals surface area (Å²) in [5, 5.41) is 3.69. The fourth-order valence-corrected chi connectivity index (χ4v) is 2.97. The molecule has 2 aromatic carbocycles. The highest BCUT2D eigenvalue weighted by Gasteiger charge is 2.31. The van der Waals surface area contributed by atoms with E-state index in [0.717, 1.165) is 23.4 Å². The van der Waals surface area contributed by atoms with Crippen molar-refractivity contribution in [2.45, 2.75) is 12.7 Å². The van der Waals surface area contributed by atoms with Crippen molar-refractivity contribution in [1.82, 2.24) is 0 Å². The van der Waals surface area contributed by atoms with Crippen LogP contribution in [-0.4, -0.2) is 26.3 Å². The fourth-order valence-electron chi connectivity index (χ4n) is 2.77. The molecule has 0 unspecified atom stereocenters. The number of nitrogens with zero attached hydrogens (tertiary/aromatic N) is 1. The Labute approximate surface area is 149 Å². The number of ether oxygens (including phenoxy) is 1. The summed E-state index contributed by atoms with van der Waals surface area (Å²) >= 11 is 6.14. The highest BCUT2D eigenvalue weighted by molar-refractivity contribution is 6.31. The summed E-state index contributed by atoms with van der Waals surface area (Å²) in [5.41, 5.74) is 1.33. The zero-order valence-corrected chi connectivity index (χ0v) is 14.2. The van der Waals surface area contributed by atoms with Gasteiger partial charge in [0.2, 0.25) is 0 Å². The highest BCUT2D eigenvalue weighted by atomic mass is 35.5. The third-order valence-electron chi connectivity index (χ3n) is 4.10. The molecule has 3 rings (SSSR count). The Hall–Kier alpha value is -1.92. The van der Waals surface area contributed by atoms with Gasteiger partial charge >= 0.3 is 6.18 Å². The van der Waals surface area contributed by atoms with Crippen LogP contribution in [0.3, 0.4) is 0 Å². The predicted octanol–water partition coefficient (Wildman–Crippen LogP) is 4.81. The van der Waals surface area contributed by atoms with Crippen molar-refractivity contribution in [2.24, 2.45) is 0 Å². The van der Waals surface area contributed by atoms with E-state index in [4.69, 9.17) is 16.3 Å². The normalized spacial score (nSPS) is 15.3. The molecule has 0 aliphatic carbocycles. The van der Waals surface area contributed by atoms with E-state index in [0.29, 0.717) is 43.6 Å². The van der Waals surface area contributed by atoms with E-state index in [9.17, 15) is 13.2 Å². The lowest BCUT2D eigenvalue weighted by Crippen LogP contribution is -2.36. The van der Waals surface area contributed by atoms with Crippen LogP contribution < -0.4 is 10.2 Å². The minimum atomic E-state index is -4.38. The van der Waals surface area contributed by atoms with E-state index in [1.54, 1.807) is 6.07 Å². The monoisotopic (exact) mass is 370 g/mol. The lowest BCUT2D eigenvalue weighted by atomic mass is 10.1. The molecule has 0 atom stereocenters. The molecule has 25 heavy (non-hydrogen) atoms. The van der Waals surface area contributed by atoms with Gasteiger partial charge in [-0.15, -0.1) is 0 Å². The SMILES string of the molecule is FC(F)(F)c1ccc(N2CCOCC2)c(NCc2ccccc2Cl)c1. The van der Waals surface area contributed by atoms with Crippen LogP contribution in [0, 0.1) is 0 Å². The topological polar surface area (TPSA) is 24.5 Å². The number of nitrogens with one attached hydrogen (secondary N) is 1. The van der Waals surface area contributed by atoms with Crippen LogP contribution in [0.1, 0.15) is 11.1 Å². The van der Waals surface area contributed by atoms with Crippen molar-refractivity contribution < 1.29 is 17.9 Å². The van der Waals surface area contributed by atoms with Crippen molar-refractivity contribution in [1.29, 1.82) is 0 Å². The van der Waals surface area contributed by atoms with Crippen molar-refractivity contribution in [3.8, 4) is 0 Å². The summed E-state index contributed by atoms with van der Waals surface area (Å²) in [6, 6.07) is 11.0. The van der Waals surface area contributed by atoms with Gasteiger partial charge in [-0.05, 0) is 29.8 Å². The molecule has 0 amide bonds. The maximum Gasteiger partial charge on any atom is 0.416 e. The Morgan fingerprint density at radius 3 is 2.48 bits per heavy atom. The smallest absolute Gasteiger partial charge is 0.379 e. The number of alkyl halides is 3. The van der Waals surface area contributed by atoms with Gasteiger partial charge in [-0.25, -0.2) is 0 Å². The standard InChI is InChI=1S/C18H18ClF3N2O/c19-15-4-2-1-3-13(15)12-23-16-11-14(18(20,21)22)5-6-17(16)24-7-9-25-10-8-24/h1-6,11,23H,7-10,12H2. The summed E-state index contributed by atoms with van der Waals surface area (Å²) < 4.78 is 44.6. The van der Waals surface area contributed by atoms with Gasteiger partial charge in [-0.2, -0.15) is 13.2 Å². The second-order valence-corrected chi connectivity index (χ2v) is 6.18. The van der Waals surface area contributed by atoms with Gasteiger partial charge in [0.25, 0.3) is 0 Å². The lowest BCUT2D eigenvalue weighted by Gasteiger charge is -2.31. The average Bonchev–Trinajstić information content (AvgIpc) is 2.61. The van der Waals surface area contributed by atoms with E-state index in [1.807, 2.05) is 23.1 Å². The van der Waals surface area contributed by atoms with Crippen LogP contribution in [-0.2, 0) is 17.5 Å². The van der Waals surface area contributed by atoms with Crippen molar-refractivity contribution >= 4 is 23.0 Å². The van der Waals surface area contributed by atoms with Gasteiger partial charge in [0, 0.05) is 24.7 Å². The molecule has 0 radical (unpaired) electrons. The average molecular weight is 371 g/mol. The predicted molar refractivity (Wildman–Crippen MR) is 93.3 cm³/mol. The van der Waals surface area contributed by atoms with Crippen molar-refractivity contribution in [3.63, 3.8) is 0 Å². The van der Waals surface area contributed by atoms with E-state index >= 15 is 0 Å². The molecule has 0 spiro atoms. The second kappa shape index (κ2) is 7.54. The molecule has 1 fully saturated rings. The molecule has 1 aliphatic rings. The quantitative estimate of drug-likeness (QED) is 0.836. The molecule has 0 bridgehead atoms. The Morgan fingerprint density at radius 1 is 1.08 bits per heavy atom. The summed E-state index contributed by atoms with van der Waals surface area (Å²) in [6.45, 7) is 2.76. The number of benzene rings is 2. The van der Waals surface area contributed by atoms with Gasteiger partial charge in [-0.1, -0.05) is 29.8 Å². The molecule has 0 saturated carbocycles. The number of rotatable bonds is 4. The lowest BCUT2D eigenvalue weighted by molar-refractivity contribution is -0.137. The molecule has 1 saturated heterocycles. The summed E-state index contributed by atoms with van der Waals surface area (Å²) in [6.07, 6.45) is -4.38.